The highest BCUT2D eigenvalue weighted by Crippen LogP contribution is 2.24. The summed E-state index contributed by atoms with van der Waals surface area (Å²) in [6.07, 6.45) is 0.575. The van der Waals surface area contributed by atoms with Crippen LogP contribution in [0.2, 0.25) is 0 Å². The summed E-state index contributed by atoms with van der Waals surface area (Å²) < 4.78 is 11.4. The Hall–Kier alpha value is -0.980. The van der Waals surface area contributed by atoms with Gasteiger partial charge in [-0.2, -0.15) is 0 Å². The van der Waals surface area contributed by atoms with Crippen LogP contribution in [0.25, 0.3) is 0 Å². The number of nitrogens with zero attached hydrogens (tertiary/aromatic N) is 3. The van der Waals surface area contributed by atoms with E-state index in [1.807, 2.05) is 27.7 Å². The minimum atomic E-state index is -0.636. The van der Waals surface area contributed by atoms with Crippen molar-refractivity contribution in [1.82, 2.24) is 15.1 Å². The molecule has 0 amide bonds. The molecule has 0 spiro atoms. The van der Waals surface area contributed by atoms with E-state index in [0.29, 0.717) is 18.4 Å². The van der Waals surface area contributed by atoms with Crippen LogP contribution in [0.15, 0.2) is 4.42 Å². The molecule has 6 heteroatoms. The van der Waals surface area contributed by atoms with Crippen LogP contribution >= 0.6 is 0 Å². The zero-order valence-electron chi connectivity index (χ0n) is 12.8. The molecule has 0 radical (unpaired) electrons. The van der Waals surface area contributed by atoms with Gasteiger partial charge in [0, 0.05) is 25.6 Å². The number of morpholine rings is 1. The number of aliphatic hydroxyl groups is 1. The van der Waals surface area contributed by atoms with Gasteiger partial charge in [-0.3, -0.25) is 4.90 Å². The van der Waals surface area contributed by atoms with Crippen LogP contribution in [0.3, 0.4) is 0 Å². The van der Waals surface area contributed by atoms with Crippen molar-refractivity contribution in [1.29, 1.82) is 0 Å². The van der Waals surface area contributed by atoms with Crippen molar-refractivity contribution in [3.63, 3.8) is 0 Å². The lowest BCUT2D eigenvalue weighted by Crippen LogP contribution is -2.40. The van der Waals surface area contributed by atoms with E-state index in [0.717, 1.165) is 26.1 Å². The highest BCUT2D eigenvalue weighted by atomic mass is 16.5. The number of ether oxygens (including phenoxy) is 1. The maximum atomic E-state index is 9.80. The molecule has 0 aromatic carbocycles. The molecular formula is C14H25N3O3. The van der Waals surface area contributed by atoms with E-state index in [9.17, 15) is 5.11 Å². The average Bonchev–Trinajstić information content (AvgIpc) is 2.86. The Labute approximate surface area is 120 Å². The fourth-order valence-corrected chi connectivity index (χ4v) is 2.10. The van der Waals surface area contributed by atoms with Crippen molar-refractivity contribution in [2.45, 2.75) is 51.7 Å². The summed E-state index contributed by atoms with van der Waals surface area (Å²) in [6.45, 7) is 10.8. The Morgan fingerprint density at radius 3 is 2.75 bits per heavy atom. The van der Waals surface area contributed by atoms with Crippen LogP contribution in [-0.2, 0) is 4.74 Å². The van der Waals surface area contributed by atoms with Gasteiger partial charge in [0.25, 0.3) is 0 Å². The molecule has 1 fully saturated rings. The van der Waals surface area contributed by atoms with Gasteiger partial charge < -0.3 is 14.3 Å². The zero-order valence-corrected chi connectivity index (χ0v) is 12.8. The molecule has 1 atom stereocenters. The van der Waals surface area contributed by atoms with Gasteiger partial charge in [-0.05, 0) is 20.3 Å². The van der Waals surface area contributed by atoms with Crippen molar-refractivity contribution in [3.05, 3.63) is 11.8 Å². The normalized spacial score (nSPS) is 21.6. The summed E-state index contributed by atoms with van der Waals surface area (Å²) in [7, 11) is 0. The van der Waals surface area contributed by atoms with Gasteiger partial charge in [0.05, 0.1) is 12.2 Å². The minimum absolute atomic E-state index is 0.162. The summed E-state index contributed by atoms with van der Waals surface area (Å²) in [5.74, 6) is 1.44. The Morgan fingerprint density at radius 1 is 1.40 bits per heavy atom. The van der Waals surface area contributed by atoms with E-state index in [2.05, 4.69) is 15.1 Å². The van der Waals surface area contributed by atoms with Crippen LogP contribution in [-0.4, -0.2) is 52.0 Å². The second kappa shape index (κ2) is 6.20. The van der Waals surface area contributed by atoms with Crippen LogP contribution < -0.4 is 0 Å². The largest absolute Gasteiger partial charge is 0.422 e. The van der Waals surface area contributed by atoms with Crippen molar-refractivity contribution in [2.75, 3.05) is 26.2 Å². The molecule has 1 aromatic rings. The second-order valence-corrected chi connectivity index (χ2v) is 6.36. The summed E-state index contributed by atoms with van der Waals surface area (Å²) in [5, 5.41) is 17.9. The smallest absolute Gasteiger partial charge is 0.246 e. The van der Waals surface area contributed by atoms with Gasteiger partial charge in [-0.15, -0.1) is 10.2 Å². The maximum absolute atomic E-state index is 9.80. The molecule has 20 heavy (non-hydrogen) atoms. The fourth-order valence-electron chi connectivity index (χ4n) is 2.10. The van der Waals surface area contributed by atoms with E-state index < -0.39 is 5.60 Å². The quantitative estimate of drug-likeness (QED) is 0.887. The molecule has 0 bridgehead atoms. The third-order valence-corrected chi connectivity index (χ3v) is 3.42. The standard InChI is InChI=1S/C14H25N3O3/c1-10(2)12-15-16-13(20-12)11-9-17(7-8-19-11)6-5-14(3,4)18/h10-11,18H,5-9H2,1-4H3. The van der Waals surface area contributed by atoms with Crippen LogP contribution in [0.1, 0.15) is 57.9 Å². The predicted octanol–water partition coefficient (Wildman–Crippen LogP) is 1.73. The molecule has 1 aliphatic rings. The molecule has 1 aromatic heterocycles. The number of hydrogen-bond donors (Lipinski definition) is 1. The molecule has 114 valence electrons. The lowest BCUT2D eigenvalue weighted by atomic mass is 10.1. The lowest BCUT2D eigenvalue weighted by molar-refractivity contribution is -0.0498. The first kappa shape index (κ1) is 15.4. The molecule has 1 saturated heterocycles. The molecule has 0 saturated carbocycles. The highest BCUT2D eigenvalue weighted by Gasteiger charge is 2.27. The summed E-state index contributed by atoms with van der Waals surface area (Å²) in [4.78, 5) is 2.27. The van der Waals surface area contributed by atoms with Gasteiger partial charge in [-0.1, -0.05) is 13.8 Å². The Bertz CT molecular complexity index is 426. The summed E-state index contributed by atoms with van der Waals surface area (Å²) >= 11 is 0. The first-order valence-electron chi connectivity index (χ1n) is 7.25. The van der Waals surface area contributed by atoms with E-state index >= 15 is 0 Å². The van der Waals surface area contributed by atoms with Gasteiger partial charge in [0.1, 0.15) is 6.10 Å². The third-order valence-electron chi connectivity index (χ3n) is 3.42. The summed E-state index contributed by atoms with van der Waals surface area (Å²) in [6, 6.07) is 0. The average molecular weight is 283 g/mol. The van der Waals surface area contributed by atoms with Crippen molar-refractivity contribution >= 4 is 0 Å². The fraction of sp³-hybridized carbons (Fsp3) is 0.857. The molecule has 0 aliphatic carbocycles. The van der Waals surface area contributed by atoms with E-state index in [-0.39, 0.29) is 12.0 Å². The molecule has 1 N–H and O–H groups in total. The number of rotatable bonds is 5. The maximum Gasteiger partial charge on any atom is 0.246 e. The van der Waals surface area contributed by atoms with Crippen LogP contribution in [0, 0.1) is 0 Å². The molecule has 2 heterocycles. The van der Waals surface area contributed by atoms with Crippen LogP contribution in [0.5, 0.6) is 0 Å². The predicted molar refractivity (Wildman–Crippen MR) is 74.4 cm³/mol. The first-order chi connectivity index (χ1) is 9.35. The molecule has 1 aliphatic heterocycles. The van der Waals surface area contributed by atoms with Gasteiger partial charge in [-0.25, -0.2) is 0 Å². The number of hydrogen-bond acceptors (Lipinski definition) is 6. The third kappa shape index (κ3) is 4.26. The Balaban J connectivity index is 1.92. The second-order valence-electron chi connectivity index (χ2n) is 6.36. The van der Waals surface area contributed by atoms with Gasteiger partial charge in [0.15, 0.2) is 0 Å². The highest BCUT2D eigenvalue weighted by molar-refractivity contribution is 4.93. The lowest BCUT2D eigenvalue weighted by Gasteiger charge is -2.32. The van der Waals surface area contributed by atoms with E-state index in [4.69, 9.17) is 9.15 Å². The van der Waals surface area contributed by atoms with Crippen molar-refractivity contribution in [2.24, 2.45) is 0 Å². The molecule has 1 unspecified atom stereocenters. The molecule has 6 nitrogen and oxygen atoms in total. The Morgan fingerprint density at radius 2 is 2.15 bits per heavy atom. The monoisotopic (exact) mass is 283 g/mol. The van der Waals surface area contributed by atoms with E-state index in [1.165, 1.54) is 0 Å². The minimum Gasteiger partial charge on any atom is -0.422 e. The van der Waals surface area contributed by atoms with Crippen LogP contribution in [0.4, 0.5) is 0 Å². The first-order valence-corrected chi connectivity index (χ1v) is 7.25. The van der Waals surface area contributed by atoms with E-state index in [1.54, 1.807) is 0 Å². The van der Waals surface area contributed by atoms with Crippen molar-refractivity contribution in [3.8, 4) is 0 Å². The van der Waals surface area contributed by atoms with Gasteiger partial charge >= 0.3 is 0 Å². The SMILES string of the molecule is CC(C)c1nnc(C2CN(CCC(C)(C)O)CCO2)o1. The molecular weight excluding hydrogens is 258 g/mol. The molecule has 2 rings (SSSR count). The number of aromatic nitrogens is 2. The summed E-state index contributed by atoms with van der Waals surface area (Å²) in [5.41, 5.74) is -0.636. The topological polar surface area (TPSA) is 71.6 Å². The van der Waals surface area contributed by atoms with Crippen molar-refractivity contribution < 1.29 is 14.3 Å². The van der Waals surface area contributed by atoms with Gasteiger partial charge in [0.2, 0.25) is 11.8 Å². The zero-order chi connectivity index (χ0) is 14.8. The Kier molecular flexibility index (Phi) is 4.78.